The topological polar surface area (TPSA) is 74.0 Å². The molecule has 5 nitrogen and oxygen atoms in total. The molecule has 100 valence electrons. The van der Waals surface area contributed by atoms with Gasteiger partial charge in [-0.2, -0.15) is 0 Å². The summed E-state index contributed by atoms with van der Waals surface area (Å²) in [5.41, 5.74) is 1.51. The van der Waals surface area contributed by atoms with Crippen LogP contribution in [-0.2, 0) is 4.79 Å². The molecule has 2 amide bonds. The minimum Gasteiger partial charge on any atom is -0.356 e. The van der Waals surface area contributed by atoms with E-state index in [-0.39, 0.29) is 11.8 Å². The number of rotatable bonds is 5. The average molecular weight is 259 g/mol. The van der Waals surface area contributed by atoms with Crippen LogP contribution in [0.2, 0.25) is 0 Å². The summed E-state index contributed by atoms with van der Waals surface area (Å²) in [4.78, 5) is 25.6. The normalized spacial score (nSPS) is 10.4. The molecule has 19 heavy (non-hydrogen) atoms. The minimum absolute atomic E-state index is 0.0538. The van der Waals surface area contributed by atoms with Gasteiger partial charge < -0.3 is 15.6 Å². The highest BCUT2D eigenvalue weighted by atomic mass is 16.2. The smallest absolute Gasteiger partial charge is 0.267 e. The second kappa shape index (κ2) is 6.04. The summed E-state index contributed by atoms with van der Waals surface area (Å²) >= 11 is 0. The molecule has 0 aliphatic carbocycles. The first-order chi connectivity index (χ1) is 9.16. The first kappa shape index (κ1) is 13.1. The zero-order valence-corrected chi connectivity index (χ0v) is 10.8. The number of benzene rings is 1. The molecule has 0 aliphatic rings. The number of hydrogen-bond donors (Lipinski definition) is 3. The summed E-state index contributed by atoms with van der Waals surface area (Å²) in [6, 6.07) is 9.58. The lowest BCUT2D eigenvalue weighted by Crippen LogP contribution is -2.28. The van der Waals surface area contributed by atoms with Gasteiger partial charge >= 0.3 is 0 Å². The Balaban J connectivity index is 1.84. The van der Waals surface area contributed by atoms with Crippen molar-refractivity contribution in [2.75, 3.05) is 13.1 Å². The monoisotopic (exact) mass is 259 g/mol. The highest BCUT2D eigenvalue weighted by Gasteiger charge is 2.08. The van der Waals surface area contributed by atoms with Crippen molar-refractivity contribution < 1.29 is 9.59 Å². The highest BCUT2D eigenvalue weighted by Crippen LogP contribution is 2.14. The molecule has 1 aromatic heterocycles. The number of aromatic nitrogens is 1. The Kier molecular flexibility index (Phi) is 4.18. The SMILES string of the molecule is CC(=O)NCCCNC(=O)c1cc2ccccc2[nH]1. The molecule has 2 rings (SSSR count). The summed E-state index contributed by atoms with van der Waals surface area (Å²) in [6.07, 6.45) is 0.714. The van der Waals surface area contributed by atoms with Gasteiger partial charge in [-0.15, -0.1) is 0 Å². The van der Waals surface area contributed by atoms with Crippen molar-refractivity contribution in [1.29, 1.82) is 0 Å². The van der Waals surface area contributed by atoms with Crippen LogP contribution < -0.4 is 10.6 Å². The molecule has 3 N–H and O–H groups in total. The van der Waals surface area contributed by atoms with E-state index in [2.05, 4.69) is 15.6 Å². The molecule has 1 heterocycles. The Morgan fingerprint density at radius 2 is 1.89 bits per heavy atom. The number of amides is 2. The molecular weight excluding hydrogens is 242 g/mol. The number of aromatic amines is 1. The van der Waals surface area contributed by atoms with Crippen molar-refractivity contribution in [3.8, 4) is 0 Å². The van der Waals surface area contributed by atoms with Gasteiger partial charge in [-0.05, 0) is 18.6 Å². The summed E-state index contributed by atoms with van der Waals surface area (Å²) in [5.74, 6) is -0.180. The van der Waals surface area contributed by atoms with E-state index in [1.54, 1.807) is 0 Å². The molecule has 0 atom stereocenters. The van der Waals surface area contributed by atoms with E-state index in [4.69, 9.17) is 0 Å². The van der Waals surface area contributed by atoms with Gasteiger partial charge in [0.25, 0.3) is 5.91 Å². The van der Waals surface area contributed by atoms with Crippen LogP contribution in [0.25, 0.3) is 10.9 Å². The van der Waals surface area contributed by atoms with Gasteiger partial charge in [-0.3, -0.25) is 9.59 Å². The maximum absolute atomic E-state index is 11.9. The minimum atomic E-state index is -0.126. The van der Waals surface area contributed by atoms with Gasteiger partial charge in [0, 0.05) is 30.9 Å². The second-order valence-corrected chi connectivity index (χ2v) is 4.36. The molecule has 1 aromatic carbocycles. The lowest BCUT2D eigenvalue weighted by atomic mass is 10.2. The molecule has 2 aromatic rings. The maximum Gasteiger partial charge on any atom is 0.267 e. The fourth-order valence-corrected chi connectivity index (χ4v) is 1.85. The van der Waals surface area contributed by atoms with Crippen LogP contribution in [0.1, 0.15) is 23.8 Å². The van der Waals surface area contributed by atoms with Crippen molar-refractivity contribution in [2.24, 2.45) is 0 Å². The van der Waals surface area contributed by atoms with Gasteiger partial charge in [-0.1, -0.05) is 18.2 Å². The van der Waals surface area contributed by atoms with E-state index in [0.29, 0.717) is 25.2 Å². The van der Waals surface area contributed by atoms with E-state index in [1.165, 1.54) is 6.92 Å². The first-order valence-electron chi connectivity index (χ1n) is 6.27. The standard InChI is InChI=1S/C14H17N3O2/c1-10(18)15-7-4-8-16-14(19)13-9-11-5-2-3-6-12(11)17-13/h2-3,5-6,9,17H,4,7-8H2,1H3,(H,15,18)(H,16,19). The van der Waals surface area contributed by atoms with E-state index < -0.39 is 0 Å². The van der Waals surface area contributed by atoms with Gasteiger partial charge in [0.1, 0.15) is 5.69 Å². The zero-order chi connectivity index (χ0) is 13.7. The largest absolute Gasteiger partial charge is 0.356 e. The van der Waals surface area contributed by atoms with E-state index in [9.17, 15) is 9.59 Å². The van der Waals surface area contributed by atoms with Crippen molar-refractivity contribution in [3.63, 3.8) is 0 Å². The van der Waals surface area contributed by atoms with Gasteiger partial charge in [-0.25, -0.2) is 0 Å². The number of nitrogens with one attached hydrogen (secondary N) is 3. The van der Waals surface area contributed by atoms with E-state index in [0.717, 1.165) is 10.9 Å². The lowest BCUT2D eigenvalue weighted by molar-refractivity contribution is -0.118. The Bertz CT molecular complexity index is 556. The molecule has 0 saturated carbocycles. The fraction of sp³-hybridized carbons (Fsp3) is 0.286. The Morgan fingerprint density at radius 3 is 2.63 bits per heavy atom. The summed E-state index contributed by atoms with van der Waals surface area (Å²) < 4.78 is 0. The van der Waals surface area contributed by atoms with Crippen LogP contribution in [0.5, 0.6) is 0 Å². The summed E-state index contributed by atoms with van der Waals surface area (Å²) in [5, 5.41) is 6.51. The highest BCUT2D eigenvalue weighted by molar-refractivity contribution is 5.97. The molecule has 0 aliphatic heterocycles. The van der Waals surface area contributed by atoms with Crippen molar-refractivity contribution in [3.05, 3.63) is 36.0 Å². The van der Waals surface area contributed by atoms with Gasteiger partial charge in [0.2, 0.25) is 5.91 Å². The third-order valence-electron chi connectivity index (χ3n) is 2.79. The predicted octanol–water partition coefficient (Wildman–Crippen LogP) is 1.42. The fourth-order valence-electron chi connectivity index (χ4n) is 1.85. The number of fused-ring (bicyclic) bond motifs is 1. The van der Waals surface area contributed by atoms with Crippen molar-refractivity contribution >= 4 is 22.7 Å². The molecule has 0 spiro atoms. The molecule has 0 bridgehead atoms. The average Bonchev–Trinajstić information content (AvgIpc) is 2.81. The third-order valence-corrected chi connectivity index (χ3v) is 2.79. The van der Waals surface area contributed by atoms with Gasteiger partial charge in [0.05, 0.1) is 0 Å². The molecule has 0 saturated heterocycles. The number of hydrogen-bond acceptors (Lipinski definition) is 2. The molecule has 0 radical (unpaired) electrons. The van der Waals surface area contributed by atoms with Gasteiger partial charge in [0.15, 0.2) is 0 Å². The molecule has 0 unspecified atom stereocenters. The quantitative estimate of drug-likeness (QED) is 0.710. The molecular formula is C14H17N3O2. The maximum atomic E-state index is 11.9. The number of H-pyrrole nitrogens is 1. The first-order valence-corrected chi connectivity index (χ1v) is 6.27. The van der Waals surface area contributed by atoms with Crippen LogP contribution in [0.3, 0.4) is 0 Å². The van der Waals surface area contributed by atoms with E-state index >= 15 is 0 Å². The summed E-state index contributed by atoms with van der Waals surface area (Å²) in [7, 11) is 0. The Morgan fingerprint density at radius 1 is 1.16 bits per heavy atom. The predicted molar refractivity (Wildman–Crippen MR) is 73.9 cm³/mol. The van der Waals surface area contributed by atoms with Crippen LogP contribution >= 0.6 is 0 Å². The number of carbonyl (C=O) groups is 2. The molecule has 5 heteroatoms. The van der Waals surface area contributed by atoms with Crippen molar-refractivity contribution in [2.45, 2.75) is 13.3 Å². The number of para-hydroxylation sites is 1. The van der Waals surface area contributed by atoms with Crippen LogP contribution in [0.4, 0.5) is 0 Å². The van der Waals surface area contributed by atoms with Crippen LogP contribution in [-0.4, -0.2) is 29.9 Å². The van der Waals surface area contributed by atoms with E-state index in [1.807, 2.05) is 30.3 Å². The Hall–Kier alpha value is -2.30. The second-order valence-electron chi connectivity index (χ2n) is 4.36. The van der Waals surface area contributed by atoms with Crippen molar-refractivity contribution in [1.82, 2.24) is 15.6 Å². The summed E-state index contributed by atoms with van der Waals surface area (Å²) in [6.45, 7) is 2.58. The zero-order valence-electron chi connectivity index (χ0n) is 10.8. The Labute approximate surface area is 111 Å². The lowest BCUT2D eigenvalue weighted by Gasteiger charge is -2.04. The third kappa shape index (κ3) is 3.58. The van der Waals surface area contributed by atoms with Crippen LogP contribution in [0.15, 0.2) is 30.3 Å². The van der Waals surface area contributed by atoms with Crippen LogP contribution in [0, 0.1) is 0 Å². The molecule has 0 fully saturated rings. The number of carbonyl (C=O) groups excluding carboxylic acids is 2.